The maximum Gasteiger partial charge on any atom is 2.00 e. The van der Waals surface area contributed by atoms with Crippen LogP contribution in [0.2, 0.25) is 0 Å². The van der Waals surface area contributed by atoms with E-state index >= 15 is 0 Å². The number of alkyl halides is 6. The number of allylic oxidation sites excluding steroid dienone is 4. The summed E-state index contributed by atoms with van der Waals surface area (Å²) in [5.41, 5.74) is 1.64. The van der Waals surface area contributed by atoms with Gasteiger partial charge in [-0.05, 0) is 57.6 Å². The molecule has 0 aromatic heterocycles. The van der Waals surface area contributed by atoms with Crippen molar-refractivity contribution in [3.05, 3.63) is 73.7 Å². The van der Waals surface area contributed by atoms with Gasteiger partial charge in [0.1, 0.15) is 5.75 Å². The van der Waals surface area contributed by atoms with E-state index in [-0.39, 0.29) is 38.3 Å². The number of carbonyl (C=O) groups is 2. The van der Waals surface area contributed by atoms with Crippen LogP contribution in [0.5, 0.6) is 5.75 Å². The fourth-order valence-electron chi connectivity index (χ4n) is 3.27. The monoisotopic (exact) mass is 635 g/mol. The maximum atomic E-state index is 12.2. The summed E-state index contributed by atoms with van der Waals surface area (Å²) in [5, 5.41) is 8.28. The molecule has 1 atom stereocenters. The number of fused-ring (bicyclic) bond motifs is 2. The van der Waals surface area contributed by atoms with Gasteiger partial charge >= 0.3 is 29.1 Å². The summed E-state index contributed by atoms with van der Waals surface area (Å²) < 4.78 is 77.9. The second kappa shape index (κ2) is 12.5. The summed E-state index contributed by atoms with van der Waals surface area (Å²) in [6.07, 6.45) is -3.91. The first-order chi connectivity index (χ1) is 17.5. The van der Waals surface area contributed by atoms with Gasteiger partial charge in [0.2, 0.25) is 0 Å². The van der Waals surface area contributed by atoms with Gasteiger partial charge in [-0.1, -0.05) is 49.0 Å². The van der Waals surface area contributed by atoms with E-state index in [1.807, 2.05) is 6.08 Å². The van der Waals surface area contributed by atoms with Crippen LogP contribution < -0.4 is 4.74 Å². The Labute approximate surface area is 240 Å². The van der Waals surface area contributed by atoms with Crippen LogP contribution in [0.4, 0.5) is 32.0 Å². The Morgan fingerprint density at radius 2 is 1.56 bits per heavy atom. The standard InChI is InChI=1S/C14H16F3NOS.C11H8F3NO2S.Co/c1-13(2,3)8-4-5-9-10(6-8)20-12(18-9)7-11(19)14(15,16)17;1-17-6-2-3-8-7(4-6)15-10(18-8)5-9(16)11(12,13)14;/h4,6-7,9H,5H2,1-3H3,(H,18,19);2-5H,1H3,(H,15,16);/q;;+2/p-2. The second-order valence-corrected chi connectivity index (χ2v) is 11.3. The van der Waals surface area contributed by atoms with Crippen molar-refractivity contribution in [2.45, 2.75) is 50.5 Å². The number of ether oxygens (including phenoxy) is 1. The molecule has 2 aliphatic heterocycles. The molecule has 5 nitrogen and oxygen atoms in total. The number of ketones is 2. The number of hydrogen-bond donors (Lipinski definition) is 0. The van der Waals surface area contributed by atoms with Gasteiger partial charge in [-0.2, -0.15) is 26.3 Å². The van der Waals surface area contributed by atoms with E-state index < -0.39 is 23.9 Å². The van der Waals surface area contributed by atoms with E-state index in [9.17, 15) is 35.9 Å². The third-order valence-electron chi connectivity index (χ3n) is 5.24. The van der Waals surface area contributed by atoms with Crippen molar-refractivity contribution in [1.29, 1.82) is 0 Å². The van der Waals surface area contributed by atoms with Crippen LogP contribution in [0, 0.1) is 5.41 Å². The third kappa shape index (κ3) is 8.85. The van der Waals surface area contributed by atoms with Crippen LogP contribution in [0.25, 0.3) is 10.6 Å². The Balaban J connectivity index is 0.000000268. The smallest absolute Gasteiger partial charge is 0.672 e. The van der Waals surface area contributed by atoms with Gasteiger partial charge in [0.05, 0.1) is 7.11 Å². The van der Waals surface area contributed by atoms with Gasteiger partial charge in [-0.15, -0.1) is 29.2 Å². The van der Waals surface area contributed by atoms with Crippen molar-refractivity contribution < 1.29 is 57.4 Å². The van der Waals surface area contributed by atoms with Crippen LogP contribution >= 0.6 is 23.5 Å². The molecule has 1 saturated heterocycles. The minimum absolute atomic E-state index is 0. The number of methoxy groups -OCH3 is 1. The molecule has 1 fully saturated rings. The molecule has 1 aliphatic carbocycles. The summed E-state index contributed by atoms with van der Waals surface area (Å²) in [6.45, 7) is 6.24. The molecule has 0 amide bonds. The molecule has 39 heavy (non-hydrogen) atoms. The minimum Gasteiger partial charge on any atom is -0.672 e. The van der Waals surface area contributed by atoms with E-state index in [0.717, 1.165) is 34.0 Å². The SMILES string of the molecule is CC(C)(C)C1=CCC2[N-]/C(=C\C(=O)C(F)(F)F)SC2=C1.COc1ccc2c(c1)[N-]/C(=C\C(=O)C(F)(F)F)S2.[Co+2]. The molecule has 4 rings (SSSR count). The quantitative estimate of drug-likeness (QED) is 0.246. The van der Waals surface area contributed by atoms with Crippen molar-refractivity contribution in [2.75, 3.05) is 7.11 Å². The van der Waals surface area contributed by atoms with Gasteiger partial charge in [0.25, 0.3) is 11.6 Å². The fraction of sp³-hybridized carbons (Fsp3) is 0.360. The van der Waals surface area contributed by atoms with Crippen LogP contribution in [-0.2, 0) is 26.4 Å². The van der Waals surface area contributed by atoms with Crippen molar-refractivity contribution in [2.24, 2.45) is 5.41 Å². The Morgan fingerprint density at radius 1 is 0.974 bits per heavy atom. The number of rotatable bonds is 3. The number of benzene rings is 1. The molecule has 0 spiro atoms. The van der Waals surface area contributed by atoms with E-state index in [1.165, 1.54) is 7.11 Å². The largest absolute Gasteiger partial charge is 2.00 e. The first-order valence-electron chi connectivity index (χ1n) is 11.0. The summed E-state index contributed by atoms with van der Waals surface area (Å²) in [5.74, 6) is -3.21. The predicted octanol–water partition coefficient (Wildman–Crippen LogP) is 8.48. The molecule has 1 radical (unpaired) electrons. The molecule has 3 aliphatic rings. The molecular formula is C25H22CoF6N2O3S2. The summed E-state index contributed by atoms with van der Waals surface area (Å²) in [7, 11) is 1.48. The Kier molecular flexibility index (Phi) is 10.5. The molecule has 0 bridgehead atoms. The molecule has 1 aromatic carbocycles. The van der Waals surface area contributed by atoms with Gasteiger partial charge in [-0.3, -0.25) is 9.59 Å². The van der Waals surface area contributed by atoms with Crippen LogP contribution in [0.15, 0.2) is 67.9 Å². The number of halogens is 6. The second-order valence-electron chi connectivity index (χ2n) is 9.18. The van der Waals surface area contributed by atoms with E-state index in [4.69, 9.17) is 4.74 Å². The van der Waals surface area contributed by atoms with Crippen molar-refractivity contribution in [3.8, 4) is 5.75 Å². The molecule has 0 N–H and O–H groups in total. The zero-order chi connectivity index (χ0) is 28.5. The van der Waals surface area contributed by atoms with Gasteiger partial charge in [-0.25, -0.2) is 0 Å². The van der Waals surface area contributed by atoms with Crippen LogP contribution in [0.1, 0.15) is 27.2 Å². The van der Waals surface area contributed by atoms with Gasteiger partial charge in [0, 0.05) is 0 Å². The molecule has 0 saturated carbocycles. The summed E-state index contributed by atoms with van der Waals surface area (Å²) in [4.78, 5) is 23.3. The van der Waals surface area contributed by atoms with Gasteiger partial charge < -0.3 is 15.4 Å². The molecule has 213 valence electrons. The number of carbonyl (C=O) groups excluding carboxylic acids is 2. The van der Waals surface area contributed by atoms with Crippen LogP contribution in [0.3, 0.4) is 0 Å². The molecule has 1 unspecified atom stereocenters. The first-order valence-corrected chi connectivity index (χ1v) is 12.6. The summed E-state index contributed by atoms with van der Waals surface area (Å²) >= 11 is 2.17. The fourth-order valence-corrected chi connectivity index (χ4v) is 5.21. The number of hydrogen-bond acceptors (Lipinski definition) is 5. The van der Waals surface area contributed by atoms with E-state index in [2.05, 4.69) is 37.5 Å². The Morgan fingerprint density at radius 3 is 2.10 bits per heavy atom. The Hall–Kier alpha value is -2.29. The average molecular weight is 636 g/mol. The molecule has 14 heteroatoms. The zero-order valence-electron chi connectivity index (χ0n) is 20.9. The maximum absolute atomic E-state index is 12.2. The van der Waals surface area contributed by atoms with Crippen molar-refractivity contribution in [3.63, 3.8) is 0 Å². The zero-order valence-corrected chi connectivity index (χ0v) is 23.5. The van der Waals surface area contributed by atoms with Crippen molar-refractivity contribution >= 4 is 40.8 Å². The predicted molar refractivity (Wildman–Crippen MR) is 135 cm³/mol. The van der Waals surface area contributed by atoms with Gasteiger partial charge in [0.15, 0.2) is 0 Å². The van der Waals surface area contributed by atoms with Crippen LogP contribution in [-0.4, -0.2) is 37.1 Å². The molecular weight excluding hydrogens is 613 g/mol. The summed E-state index contributed by atoms with van der Waals surface area (Å²) in [6, 6.07) is 4.82. The molecule has 2 heterocycles. The normalized spacial score (nSPS) is 20.3. The Bertz CT molecular complexity index is 1250. The first kappa shape index (κ1) is 32.9. The van der Waals surface area contributed by atoms with E-state index in [1.54, 1.807) is 18.2 Å². The number of thioether (sulfide) groups is 2. The molecule has 1 aromatic rings. The van der Waals surface area contributed by atoms with E-state index in [0.29, 0.717) is 34.9 Å². The minimum atomic E-state index is -4.87. The topological polar surface area (TPSA) is 71.6 Å². The number of nitrogens with zero attached hydrogens (tertiary/aromatic N) is 2. The third-order valence-corrected chi connectivity index (χ3v) is 7.28. The van der Waals surface area contributed by atoms with Crippen molar-refractivity contribution in [1.82, 2.24) is 0 Å². The average Bonchev–Trinajstić information content (AvgIpc) is 3.39.